The highest BCUT2D eigenvalue weighted by molar-refractivity contribution is 6.02. The predicted molar refractivity (Wildman–Crippen MR) is 96.9 cm³/mol. The number of Topliss-reactive ketones (excluding diaryl/α,β-unsaturated/α-hetero) is 1. The third-order valence-corrected chi connectivity index (χ3v) is 4.77. The lowest BCUT2D eigenvalue weighted by Crippen LogP contribution is -2.11. The summed E-state index contributed by atoms with van der Waals surface area (Å²) in [4.78, 5) is 14.8. The van der Waals surface area contributed by atoms with Gasteiger partial charge in [-0.1, -0.05) is 84.9 Å². The van der Waals surface area contributed by atoms with Crippen molar-refractivity contribution in [2.24, 2.45) is 0 Å². The van der Waals surface area contributed by atoms with Crippen molar-refractivity contribution >= 4 is 5.78 Å². The van der Waals surface area contributed by atoms with Crippen LogP contribution in [0, 0.1) is 0 Å². The van der Waals surface area contributed by atoms with Gasteiger partial charge in [-0.25, -0.2) is 0 Å². The van der Waals surface area contributed by atoms with Crippen LogP contribution in [0.4, 0.5) is 0 Å². The summed E-state index contributed by atoms with van der Waals surface area (Å²) in [5, 5.41) is 0. The SMILES string of the molecule is CN1C(C(=O)c2ccccc2)C1c1ccc(-c2ccccc2)cc1. The van der Waals surface area contributed by atoms with Crippen molar-refractivity contribution in [1.82, 2.24) is 4.90 Å². The van der Waals surface area contributed by atoms with E-state index in [1.807, 2.05) is 55.6 Å². The van der Waals surface area contributed by atoms with Crippen molar-refractivity contribution in [2.75, 3.05) is 7.05 Å². The first kappa shape index (κ1) is 14.9. The molecule has 118 valence electrons. The number of carbonyl (C=O) groups is 1. The lowest BCUT2D eigenvalue weighted by atomic mass is 10.00. The molecule has 1 aliphatic rings. The van der Waals surface area contributed by atoms with Gasteiger partial charge in [-0.2, -0.15) is 0 Å². The van der Waals surface area contributed by atoms with Gasteiger partial charge in [0.2, 0.25) is 0 Å². The van der Waals surface area contributed by atoms with Crippen molar-refractivity contribution in [3.05, 3.63) is 96.1 Å². The number of hydrogen-bond acceptors (Lipinski definition) is 2. The quantitative estimate of drug-likeness (QED) is 0.518. The highest BCUT2D eigenvalue weighted by atomic mass is 16.1. The molecule has 4 rings (SSSR count). The highest BCUT2D eigenvalue weighted by Crippen LogP contribution is 2.43. The molecule has 0 bridgehead atoms. The second kappa shape index (κ2) is 6.06. The van der Waals surface area contributed by atoms with E-state index in [2.05, 4.69) is 41.3 Å². The molecule has 1 saturated heterocycles. The average Bonchev–Trinajstić information content (AvgIpc) is 3.33. The monoisotopic (exact) mass is 313 g/mol. The van der Waals surface area contributed by atoms with Crippen LogP contribution in [0.5, 0.6) is 0 Å². The molecule has 3 atom stereocenters. The minimum Gasteiger partial charge on any atom is -0.292 e. The average molecular weight is 313 g/mol. The molecule has 0 radical (unpaired) electrons. The van der Waals surface area contributed by atoms with E-state index in [9.17, 15) is 4.79 Å². The second-order valence-corrected chi connectivity index (χ2v) is 6.27. The van der Waals surface area contributed by atoms with E-state index >= 15 is 0 Å². The molecule has 3 aromatic rings. The minimum absolute atomic E-state index is 0.0463. The minimum atomic E-state index is -0.0463. The van der Waals surface area contributed by atoms with Gasteiger partial charge in [-0.15, -0.1) is 0 Å². The Morgan fingerprint density at radius 1 is 0.750 bits per heavy atom. The number of carbonyl (C=O) groups excluding carboxylic acids is 1. The zero-order valence-corrected chi connectivity index (χ0v) is 13.6. The van der Waals surface area contributed by atoms with Gasteiger partial charge in [0, 0.05) is 5.56 Å². The third kappa shape index (κ3) is 2.66. The van der Waals surface area contributed by atoms with E-state index in [0.29, 0.717) is 0 Å². The van der Waals surface area contributed by atoms with Gasteiger partial charge in [0.25, 0.3) is 0 Å². The van der Waals surface area contributed by atoms with Crippen LogP contribution < -0.4 is 0 Å². The lowest BCUT2D eigenvalue weighted by Gasteiger charge is -2.04. The predicted octanol–water partition coefficient (Wildman–Crippen LogP) is 4.59. The van der Waals surface area contributed by atoms with Gasteiger partial charge in [0.15, 0.2) is 5.78 Å². The van der Waals surface area contributed by atoms with Crippen LogP contribution in [-0.4, -0.2) is 23.8 Å². The van der Waals surface area contributed by atoms with E-state index < -0.39 is 0 Å². The first-order valence-electron chi connectivity index (χ1n) is 8.22. The molecule has 1 aliphatic heterocycles. The van der Waals surface area contributed by atoms with Crippen molar-refractivity contribution in [2.45, 2.75) is 12.1 Å². The molecule has 24 heavy (non-hydrogen) atoms. The molecule has 3 aromatic carbocycles. The molecule has 0 spiro atoms. The molecule has 0 aliphatic carbocycles. The van der Waals surface area contributed by atoms with Gasteiger partial charge < -0.3 is 0 Å². The zero-order chi connectivity index (χ0) is 16.5. The lowest BCUT2D eigenvalue weighted by molar-refractivity contribution is 0.0977. The first-order chi connectivity index (χ1) is 11.8. The largest absolute Gasteiger partial charge is 0.292 e. The van der Waals surface area contributed by atoms with Gasteiger partial charge in [-0.3, -0.25) is 9.69 Å². The van der Waals surface area contributed by atoms with Crippen LogP contribution in [-0.2, 0) is 0 Å². The van der Waals surface area contributed by atoms with Gasteiger partial charge in [0.05, 0.1) is 12.1 Å². The Balaban J connectivity index is 1.54. The Labute approximate surface area is 142 Å². The molecule has 2 heteroatoms. The fourth-order valence-corrected chi connectivity index (χ4v) is 3.36. The second-order valence-electron chi connectivity index (χ2n) is 6.27. The maximum atomic E-state index is 12.6. The summed E-state index contributed by atoms with van der Waals surface area (Å²) < 4.78 is 0. The number of ketones is 1. The normalized spacial score (nSPS) is 22.1. The number of benzene rings is 3. The zero-order valence-electron chi connectivity index (χ0n) is 13.6. The highest BCUT2D eigenvalue weighted by Gasteiger charge is 2.50. The molecule has 0 N–H and O–H groups in total. The molecule has 0 amide bonds. The van der Waals surface area contributed by atoms with E-state index in [1.54, 1.807) is 0 Å². The molecule has 1 fully saturated rings. The topological polar surface area (TPSA) is 20.1 Å². The number of rotatable bonds is 4. The Hall–Kier alpha value is -2.71. The Bertz CT molecular complexity index is 840. The van der Waals surface area contributed by atoms with E-state index in [0.717, 1.165) is 5.56 Å². The van der Waals surface area contributed by atoms with Gasteiger partial charge >= 0.3 is 0 Å². The van der Waals surface area contributed by atoms with Gasteiger partial charge in [0.1, 0.15) is 0 Å². The maximum absolute atomic E-state index is 12.6. The summed E-state index contributed by atoms with van der Waals surface area (Å²) >= 11 is 0. The fourth-order valence-electron chi connectivity index (χ4n) is 3.36. The van der Waals surface area contributed by atoms with Crippen molar-refractivity contribution in [3.63, 3.8) is 0 Å². The first-order valence-corrected chi connectivity index (χ1v) is 8.22. The van der Waals surface area contributed by atoms with Gasteiger partial charge in [-0.05, 0) is 23.7 Å². The number of likely N-dealkylation sites (N-methyl/N-ethyl adjacent to an activating group) is 1. The van der Waals surface area contributed by atoms with E-state index in [-0.39, 0.29) is 17.9 Å². The van der Waals surface area contributed by atoms with Crippen LogP contribution in [0.1, 0.15) is 22.0 Å². The molecule has 0 saturated carbocycles. The Morgan fingerprint density at radius 2 is 1.29 bits per heavy atom. The Kier molecular flexibility index (Phi) is 3.75. The molecule has 0 aromatic heterocycles. The van der Waals surface area contributed by atoms with Crippen LogP contribution in [0.3, 0.4) is 0 Å². The molecule has 3 unspecified atom stereocenters. The smallest absolute Gasteiger partial charge is 0.181 e. The molecular formula is C22H19NO. The number of hydrogen-bond donors (Lipinski definition) is 0. The molecule has 2 nitrogen and oxygen atoms in total. The maximum Gasteiger partial charge on any atom is 0.181 e. The summed E-state index contributed by atoms with van der Waals surface area (Å²) in [6, 6.07) is 28.6. The fraction of sp³-hybridized carbons (Fsp3) is 0.136. The summed E-state index contributed by atoms with van der Waals surface area (Å²) in [5.74, 6) is 0.204. The third-order valence-electron chi connectivity index (χ3n) is 4.77. The standard InChI is InChI=1S/C22H19NO/c1-23-20(21(23)22(24)19-10-6-3-7-11-19)18-14-12-17(13-15-18)16-8-4-2-5-9-16/h2-15,20-21H,1H3. The number of nitrogens with zero attached hydrogens (tertiary/aromatic N) is 1. The van der Waals surface area contributed by atoms with Crippen LogP contribution >= 0.6 is 0 Å². The van der Waals surface area contributed by atoms with Crippen molar-refractivity contribution < 1.29 is 4.79 Å². The Morgan fingerprint density at radius 3 is 1.92 bits per heavy atom. The van der Waals surface area contributed by atoms with E-state index in [1.165, 1.54) is 16.7 Å². The van der Waals surface area contributed by atoms with Crippen molar-refractivity contribution in [1.29, 1.82) is 0 Å². The van der Waals surface area contributed by atoms with Crippen LogP contribution in [0.25, 0.3) is 11.1 Å². The summed E-state index contributed by atoms with van der Waals surface area (Å²) in [7, 11) is 2.02. The molecular weight excluding hydrogens is 294 g/mol. The summed E-state index contributed by atoms with van der Waals surface area (Å²) in [5.41, 5.74) is 4.41. The summed E-state index contributed by atoms with van der Waals surface area (Å²) in [6.07, 6.45) is 0. The van der Waals surface area contributed by atoms with Crippen LogP contribution in [0.2, 0.25) is 0 Å². The van der Waals surface area contributed by atoms with Crippen molar-refractivity contribution in [3.8, 4) is 11.1 Å². The van der Waals surface area contributed by atoms with E-state index in [4.69, 9.17) is 0 Å². The van der Waals surface area contributed by atoms with Crippen LogP contribution in [0.15, 0.2) is 84.9 Å². The molecule has 1 heterocycles. The summed E-state index contributed by atoms with van der Waals surface area (Å²) in [6.45, 7) is 0.